The van der Waals surface area contributed by atoms with Crippen molar-refractivity contribution >= 4 is 35.2 Å². The molecule has 0 saturated heterocycles. The molecule has 2 aromatic rings. The highest BCUT2D eigenvalue weighted by molar-refractivity contribution is 6.32. The molecule has 0 fully saturated rings. The van der Waals surface area contributed by atoms with Crippen molar-refractivity contribution in [2.24, 2.45) is 7.05 Å². The van der Waals surface area contributed by atoms with Gasteiger partial charge in [0.2, 0.25) is 0 Å². The first kappa shape index (κ1) is 18.6. The lowest BCUT2D eigenvalue weighted by Gasteiger charge is -2.11. The second kappa shape index (κ2) is 8.01. The third kappa shape index (κ3) is 4.14. The van der Waals surface area contributed by atoms with E-state index in [1.807, 2.05) is 6.92 Å². The fourth-order valence-electron chi connectivity index (χ4n) is 2.56. The van der Waals surface area contributed by atoms with Crippen LogP contribution in [0.5, 0.6) is 11.5 Å². The number of hydrogen-bond acceptors (Lipinski definition) is 5. The van der Waals surface area contributed by atoms with Crippen molar-refractivity contribution in [1.29, 1.82) is 0 Å². The Morgan fingerprint density at radius 3 is 2.85 bits per heavy atom. The van der Waals surface area contributed by atoms with Crippen molar-refractivity contribution in [2.45, 2.75) is 20.0 Å². The second-order valence-corrected chi connectivity index (χ2v) is 6.58. The minimum absolute atomic E-state index is 0.0687. The van der Waals surface area contributed by atoms with E-state index in [-0.39, 0.29) is 6.61 Å². The van der Waals surface area contributed by atoms with Gasteiger partial charge in [-0.2, -0.15) is 5.10 Å². The molecule has 0 atom stereocenters. The van der Waals surface area contributed by atoms with Gasteiger partial charge in [-0.3, -0.25) is 4.68 Å². The molecule has 1 aromatic heterocycles. The summed E-state index contributed by atoms with van der Waals surface area (Å²) in [5.74, 6) is 0.600. The highest BCUT2D eigenvalue weighted by Gasteiger charge is 2.16. The molecule has 0 radical (unpaired) electrons. The number of carbonyl (C=O) groups is 1. The Bertz CT molecular complexity index is 861. The van der Waals surface area contributed by atoms with Crippen molar-refractivity contribution in [2.75, 3.05) is 13.2 Å². The van der Waals surface area contributed by atoms with Crippen LogP contribution in [0.2, 0.25) is 10.2 Å². The number of benzene rings is 1. The second-order valence-electron chi connectivity index (χ2n) is 5.81. The highest BCUT2D eigenvalue weighted by Crippen LogP contribution is 2.38. The number of nitrogens with zero attached hydrogens (tertiary/aromatic N) is 2. The monoisotopic (exact) mass is 396 g/mol. The third-order valence-electron chi connectivity index (χ3n) is 3.83. The quantitative estimate of drug-likeness (QED) is 0.578. The summed E-state index contributed by atoms with van der Waals surface area (Å²) in [5.41, 5.74) is 2.14. The number of hydrogen-bond donors (Lipinski definition) is 0. The highest BCUT2D eigenvalue weighted by atomic mass is 35.5. The van der Waals surface area contributed by atoms with E-state index in [1.165, 1.54) is 6.08 Å². The average Bonchev–Trinajstić information content (AvgIpc) is 2.79. The Hall–Kier alpha value is -2.18. The lowest BCUT2D eigenvalue weighted by molar-refractivity contribution is -0.138. The van der Waals surface area contributed by atoms with Crippen LogP contribution in [0.3, 0.4) is 0 Å². The summed E-state index contributed by atoms with van der Waals surface area (Å²) in [6.45, 7) is 3.00. The molecular formula is C18H18Cl2N2O4. The van der Waals surface area contributed by atoms with Gasteiger partial charge in [0.05, 0.1) is 23.9 Å². The van der Waals surface area contributed by atoms with E-state index in [9.17, 15) is 4.79 Å². The fraction of sp³-hybridized carbons (Fsp3) is 0.333. The first-order chi connectivity index (χ1) is 12.5. The average molecular weight is 397 g/mol. The molecule has 0 spiro atoms. The lowest BCUT2D eigenvalue weighted by atomic mass is 10.2. The minimum atomic E-state index is -0.493. The fourth-order valence-corrected chi connectivity index (χ4v) is 3.08. The van der Waals surface area contributed by atoms with Crippen LogP contribution in [0.4, 0.5) is 0 Å². The largest absolute Gasteiger partial charge is 0.489 e. The van der Waals surface area contributed by atoms with Crippen molar-refractivity contribution in [3.8, 4) is 11.5 Å². The molecule has 138 valence electrons. The summed E-state index contributed by atoms with van der Waals surface area (Å²) in [5, 5.41) is 5.07. The first-order valence-corrected chi connectivity index (χ1v) is 8.83. The zero-order chi connectivity index (χ0) is 18.7. The molecule has 1 aliphatic rings. The maximum absolute atomic E-state index is 12.0. The maximum Gasteiger partial charge on any atom is 0.331 e. The Morgan fingerprint density at radius 1 is 1.35 bits per heavy atom. The molecule has 0 bridgehead atoms. The summed E-state index contributed by atoms with van der Waals surface area (Å²) in [4.78, 5) is 12.0. The molecule has 8 heteroatoms. The van der Waals surface area contributed by atoms with E-state index in [2.05, 4.69) is 5.10 Å². The molecule has 0 unspecified atom stereocenters. The smallest absolute Gasteiger partial charge is 0.331 e. The SMILES string of the molecule is Cc1nn(C)c(Cl)c1C=CC(=O)OCc1cc(Cl)c2c(c1)OCCCO2. The molecule has 0 saturated carbocycles. The molecule has 0 aliphatic carbocycles. The molecule has 0 N–H and O–H groups in total. The number of rotatable bonds is 4. The number of esters is 1. The molecule has 6 nitrogen and oxygen atoms in total. The lowest BCUT2D eigenvalue weighted by Crippen LogP contribution is -2.02. The Labute approximate surface area is 161 Å². The minimum Gasteiger partial charge on any atom is -0.489 e. The predicted octanol–water partition coefficient (Wildman–Crippen LogP) is 3.95. The Balaban J connectivity index is 1.65. The summed E-state index contributed by atoms with van der Waals surface area (Å²) in [6.07, 6.45) is 3.70. The van der Waals surface area contributed by atoms with Gasteiger partial charge in [0, 0.05) is 25.1 Å². The van der Waals surface area contributed by atoms with Crippen molar-refractivity contribution in [3.05, 3.63) is 45.2 Å². The number of carbonyl (C=O) groups excluding carboxylic acids is 1. The van der Waals surface area contributed by atoms with Crippen LogP contribution in [0.15, 0.2) is 18.2 Å². The van der Waals surface area contributed by atoms with Crippen LogP contribution in [0.25, 0.3) is 6.08 Å². The maximum atomic E-state index is 12.0. The number of aromatic nitrogens is 2. The third-order valence-corrected chi connectivity index (χ3v) is 4.55. The number of fused-ring (bicyclic) bond motifs is 1. The number of aryl methyl sites for hydroxylation is 2. The van der Waals surface area contributed by atoms with E-state index >= 15 is 0 Å². The van der Waals surface area contributed by atoms with E-state index in [4.69, 9.17) is 37.4 Å². The summed E-state index contributed by atoms with van der Waals surface area (Å²) < 4.78 is 18.0. The van der Waals surface area contributed by atoms with Crippen molar-refractivity contribution in [1.82, 2.24) is 9.78 Å². The Kier molecular flexibility index (Phi) is 5.74. The van der Waals surface area contributed by atoms with Gasteiger partial charge in [-0.1, -0.05) is 23.2 Å². The van der Waals surface area contributed by atoms with Gasteiger partial charge in [-0.05, 0) is 30.7 Å². The Morgan fingerprint density at radius 2 is 2.12 bits per heavy atom. The van der Waals surface area contributed by atoms with Gasteiger partial charge in [0.25, 0.3) is 0 Å². The van der Waals surface area contributed by atoms with Crippen LogP contribution in [0.1, 0.15) is 23.2 Å². The molecular weight excluding hydrogens is 379 g/mol. The molecule has 3 rings (SSSR count). The summed E-state index contributed by atoms with van der Waals surface area (Å²) in [7, 11) is 1.73. The topological polar surface area (TPSA) is 62.6 Å². The molecule has 1 aromatic carbocycles. The zero-order valence-electron chi connectivity index (χ0n) is 14.4. The van der Waals surface area contributed by atoms with Crippen molar-refractivity contribution < 1.29 is 19.0 Å². The molecule has 2 heterocycles. The molecule has 0 amide bonds. The van der Waals surface area contributed by atoms with Gasteiger partial charge in [0.1, 0.15) is 11.8 Å². The zero-order valence-corrected chi connectivity index (χ0v) is 15.9. The van der Waals surface area contributed by atoms with Gasteiger partial charge in [-0.25, -0.2) is 4.79 Å². The normalized spacial score (nSPS) is 13.7. The van der Waals surface area contributed by atoms with Crippen LogP contribution in [-0.4, -0.2) is 29.0 Å². The van der Waals surface area contributed by atoms with Gasteiger partial charge < -0.3 is 14.2 Å². The van der Waals surface area contributed by atoms with Gasteiger partial charge >= 0.3 is 5.97 Å². The molecule has 1 aliphatic heterocycles. The van der Waals surface area contributed by atoms with E-state index in [1.54, 1.807) is 29.9 Å². The van der Waals surface area contributed by atoms with Crippen LogP contribution in [-0.2, 0) is 23.2 Å². The van der Waals surface area contributed by atoms with Gasteiger partial charge in [0.15, 0.2) is 11.5 Å². The number of ether oxygens (including phenoxy) is 3. The van der Waals surface area contributed by atoms with Crippen LogP contribution in [0, 0.1) is 6.92 Å². The van der Waals surface area contributed by atoms with E-state index in [0.29, 0.717) is 40.5 Å². The van der Waals surface area contributed by atoms with E-state index in [0.717, 1.165) is 17.7 Å². The van der Waals surface area contributed by atoms with Crippen LogP contribution >= 0.6 is 23.2 Å². The van der Waals surface area contributed by atoms with E-state index < -0.39 is 5.97 Å². The summed E-state index contributed by atoms with van der Waals surface area (Å²) >= 11 is 12.4. The van der Waals surface area contributed by atoms with Gasteiger partial charge in [-0.15, -0.1) is 0 Å². The first-order valence-electron chi connectivity index (χ1n) is 8.07. The molecule has 26 heavy (non-hydrogen) atoms. The predicted molar refractivity (Wildman–Crippen MR) is 98.8 cm³/mol. The van der Waals surface area contributed by atoms with Crippen molar-refractivity contribution in [3.63, 3.8) is 0 Å². The number of halogens is 2. The summed E-state index contributed by atoms with van der Waals surface area (Å²) in [6, 6.07) is 3.47. The van der Waals surface area contributed by atoms with Crippen LogP contribution < -0.4 is 9.47 Å². The standard InChI is InChI=1S/C18H18Cl2N2O4/c1-11-13(18(20)22(2)21-11)4-5-16(23)26-10-12-8-14(19)17-15(9-12)24-6-3-7-25-17/h4-5,8-9H,3,6-7,10H2,1-2H3.